The van der Waals surface area contributed by atoms with E-state index in [1.54, 1.807) is 7.05 Å². The average Bonchev–Trinajstić information content (AvgIpc) is 2.73. The fourth-order valence-corrected chi connectivity index (χ4v) is 3.32. The van der Waals surface area contributed by atoms with E-state index in [1.807, 2.05) is 38.1 Å². The summed E-state index contributed by atoms with van der Waals surface area (Å²) in [6.07, 6.45) is 2.34. The first-order valence-corrected chi connectivity index (χ1v) is 10.1. The molecule has 1 heterocycles. The lowest BCUT2D eigenvalue weighted by molar-refractivity contribution is -0.149. The van der Waals surface area contributed by atoms with Gasteiger partial charge < -0.3 is 20.3 Å². The van der Waals surface area contributed by atoms with E-state index in [-0.39, 0.29) is 17.8 Å². The highest BCUT2D eigenvalue weighted by atomic mass is 16.5. The number of hydrogen-bond donors (Lipinski definition) is 2. The maximum Gasteiger partial charge on any atom is 0.309 e. The Bertz CT molecular complexity index is 682. The summed E-state index contributed by atoms with van der Waals surface area (Å²) < 4.78 is 5.14. The van der Waals surface area contributed by atoms with Gasteiger partial charge >= 0.3 is 5.97 Å². The highest BCUT2D eigenvalue weighted by Crippen LogP contribution is 2.19. The lowest BCUT2D eigenvalue weighted by atomic mass is 9.97. The number of hydrogen-bond acceptors (Lipinski definition) is 4. The Morgan fingerprint density at radius 3 is 2.64 bits per heavy atom. The first kappa shape index (κ1) is 21.7. The molecular weight excluding hydrogens is 356 g/mol. The largest absolute Gasteiger partial charge is 0.466 e. The fraction of sp³-hybridized carbons (Fsp3) is 0.571. The van der Waals surface area contributed by atoms with Crippen LogP contribution in [0, 0.1) is 5.92 Å². The molecule has 2 N–H and O–H groups in total. The molecule has 0 unspecified atom stereocenters. The van der Waals surface area contributed by atoms with E-state index in [2.05, 4.69) is 15.5 Å². The van der Waals surface area contributed by atoms with Gasteiger partial charge in [0.05, 0.1) is 12.5 Å². The number of guanidine groups is 1. The van der Waals surface area contributed by atoms with Gasteiger partial charge in [0, 0.05) is 38.8 Å². The molecule has 1 fully saturated rings. The summed E-state index contributed by atoms with van der Waals surface area (Å²) in [5, 5.41) is 5.99. The molecule has 28 heavy (non-hydrogen) atoms. The van der Waals surface area contributed by atoms with Gasteiger partial charge in [-0.3, -0.25) is 14.6 Å². The maximum atomic E-state index is 11.9. The second kappa shape index (κ2) is 11.3. The normalized spacial score (nSPS) is 15.2. The van der Waals surface area contributed by atoms with E-state index in [1.165, 1.54) is 0 Å². The van der Waals surface area contributed by atoms with Gasteiger partial charge in [-0.05, 0) is 50.8 Å². The van der Waals surface area contributed by atoms with E-state index < -0.39 is 0 Å². The summed E-state index contributed by atoms with van der Waals surface area (Å²) in [5.74, 6) is 0.710. The van der Waals surface area contributed by atoms with Gasteiger partial charge in [-0.1, -0.05) is 12.1 Å². The third kappa shape index (κ3) is 6.25. The van der Waals surface area contributed by atoms with E-state index >= 15 is 0 Å². The number of esters is 1. The van der Waals surface area contributed by atoms with Crippen molar-refractivity contribution in [3.8, 4) is 0 Å². The molecule has 0 radical (unpaired) electrons. The Morgan fingerprint density at radius 1 is 1.25 bits per heavy atom. The highest BCUT2D eigenvalue weighted by Gasteiger charge is 2.27. The molecule has 2 rings (SSSR count). The first-order valence-electron chi connectivity index (χ1n) is 10.1. The van der Waals surface area contributed by atoms with Crippen LogP contribution < -0.4 is 10.6 Å². The zero-order chi connectivity index (χ0) is 20.4. The molecule has 1 aliphatic rings. The summed E-state index contributed by atoms with van der Waals surface area (Å²) in [4.78, 5) is 30.6. The van der Waals surface area contributed by atoms with Gasteiger partial charge in [0.1, 0.15) is 0 Å². The van der Waals surface area contributed by atoms with Crippen LogP contribution in [0.2, 0.25) is 0 Å². The molecule has 0 aliphatic carbocycles. The zero-order valence-electron chi connectivity index (χ0n) is 17.2. The molecule has 1 aromatic carbocycles. The molecule has 154 valence electrons. The smallest absolute Gasteiger partial charge is 0.309 e. The third-order valence-corrected chi connectivity index (χ3v) is 4.83. The lowest BCUT2D eigenvalue weighted by Crippen LogP contribution is -2.46. The van der Waals surface area contributed by atoms with Crippen molar-refractivity contribution >= 4 is 17.8 Å². The van der Waals surface area contributed by atoms with Crippen LogP contribution in [-0.4, -0.2) is 62.6 Å². The quantitative estimate of drug-likeness (QED) is 0.423. The van der Waals surface area contributed by atoms with E-state index in [0.717, 1.165) is 50.4 Å². The van der Waals surface area contributed by atoms with Gasteiger partial charge in [-0.2, -0.15) is 0 Å². The molecule has 0 bridgehead atoms. The number of ether oxygens (including phenoxy) is 1. The molecule has 7 nitrogen and oxygen atoms in total. The standard InChI is InChI=1S/C21H32N4O3/c1-4-23-21(25-13-10-17(11-14-25)20(27)28-5-2)24-12-9-16-7-6-8-18(15-16)19(26)22-3/h6-8,15,17H,4-5,9-14H2,1-3H3,(H,22,26)(H,23,24). The Morgan fingerprint density at radius 2 is 2.00 bits per heavy atom. The first-order chi connectivity index (χ1) is 13.6. The Balaban J connectivity index is 1.92. The third-order valence-electron chi connectivity index (χ3n) is 4.83. The highest BCUT2D eigenvalue weighted by molar-refractivity contribution is 5.94. The number of nitrogens with zero attached hydrogens (tertiary/aromatic N) is 2. The molecule has 0 saturated carbocycles. The topological polar surface area (TPSA) is 83.0 Å². The van der Waals surface area contributed by atoms with Crippen LogP contribution in [0.25, 0.3) is 0 Å². The minimum atomic E-state index is -0.0833. The van der Waals surface area contributed by atoms with Gasteiger partial charge in [0.2, 0.25) is 0 Å². The van der Waals surface area contributed by atoms with Crippen molar-refractivity contribution in [2.75, 3.05) is 39.8 Å². The van der Waals surface area contributed by atoms with Gasteiger partial charge in [0.25, 0.3) is 5.91 Å². The number of carbonyl (C=O) groups excluding carboxylic acids is 2. The van der Waals surface area contributed by atoms with Crippen LogP contribution in [0.1, 0.15) is 42.6 Å². The summed E-state index contributed by atoms with van der Waals surface area (Å²) >= 11 is 0. The second-order valence-electron chi connectivity index (χ2n) is 6.78. The van der Waals surface area contributed by atoms with Gasteiger partial charge in [-0.25, -0.2) is 0 Å². The fourth-order valence-electron chi connectivity index (χ4n) is 3.32. The van der Waals surface area contributed by atoms with Crippen molar-refractivity contribution in [1.29, 1.82) is 0 Å². The summed E-state index contributed by atoms with van der Waals surface area (Å²) in [6.45, 7) is 7.34. The van der Waals surface area contributed by atoms with E-state index in [4.69, 9.17) is 9.73 Å². The Kier molecular flexibility index (Phi) is 8.78. The second-order valence-corrected chi connectivity index (χ2v) is 6.78. The summed E-state index contributed by atoms with van der Waals surface area (Å²) in [7, 11) is 1.63. The van der Waals surface area contributed by atoms with Gasteiger partial charge in [-0.15, -0.1) is 0 Å². The molecule has 0 aromatic heterocycles. The molecule has 7 heteroatoms. The van der Waals surface area contributed by atoms with Crippen LogP contribution in [0.5, 0.6) is 0 Å². The van der Waals surface area contributed by atoms with E-state index in [9.17, 15) is 9.59 Å². The van der Waals surface area contributed by atoms with Crippen molar-refractivity contribution in [2.24, 2.45) is 10.9 Å². The number of benzene rings is 1. The average molecular weight is 389 g/mol. The number of carbonyl (C=O) groups is 2. The Hall–Kier alpha value is -2.57. The van der Waals surface area contributed by atoms with Crippen LogP contribution in [0.4, 0.5) is 0 Å². The monoisotopic (exact) mass is 388 g/mol. The van der Waals surface area contributed by atoms with Crippen molar-refractivity contribution in [2.45, 2.75) is 33.1 Å². The molecule has 0 spiro atoms. The number of piperidine rings is 1. The van der Waals surface area contributed by atoms with Gasteiger partial charge in [0.15, 0.2) is 5.96 Å². The predicted octanol–water partition coefficient (Wildman–Crippen LogP) is 1.83. The minimum Gasteiger partial charge on any atom is -0.466 e. The molecule has 1 aromatic rings. The van der Waals surface area contributed by atoms with Crippen LogP contribution >= 0.6 is 0 Å². The van der Waals surface area contributed by atoms with Crippen LogP contribution in [0.15, 0.2) is 29.3 Å². The number of rotatable bonds is 7. The molecule has 1 saturated heterocycles. The van der Waals surface area contributed by atoms with Crippen molar-refractivity contribution in [3.05, 3.63) is 35.4 Å². The van der Waals surface area contributed by atoms with E-state index in [0.29, 0.717) is 18.7 Å². The predicted molar refractivity (Wildman–Crippen MR) is 110 cm³/mol. The maximum absolute atomic E-state index is 11.9. The molecule has 1 aliphatic heterocycles. The van der Waals surface area contributed by atoms with Crippen LogP contribution in [0.3, 0.4) is 0 Å². The zero-order valence-corrected chi connectivity index (χ0v) is 17.2. The minimum absolute atomic E-state index is 0.00784. The molecular formula is C21H32N4O3. The number of likely N-dealkylation sites (tertiary alicyclic amines) is 1. The number of amides is 1. The summed E-state index contributed by atoms with van der Waals surface area (Å²) in [6, 6.07) is 7.63. The molecule has 1 amide bonds. The molecule has 0 atom stereocenters. The SMILES string of the molecule is CCNC(=NCCc1cccc(C(=O)NC)c1)N1CCC(C(=O)OCC)CC1. The summed E-state index contributed by atoms with van der Waals surface area (Å²) in [5.41, 5.74) is 1.75. The van der Waals surface area contributed by atoms with Crippen molar-refractivity contribution in [3.63, 3.8) is 0 Å². The van der Waals surface area contributed by atoms with Crippen molar-refractivity contribution in [1.82, 2.24) is 15.5 Å². The number of nitrogens with one attached hydrogen (secondary N) is 2. The lowest BCUT2D eigenvalue weighted by Gasteiger charge is -2.33. The van der Waals surface area contributed by atoms with Crippen molar-refractivity contribution < 1.29 is 14.3 Å². The number of aliphatic imine (C=N–C) groups is 1. The van der Waals surface area contributed by atoms with Crippen LogP contribution in [-0.2, 0) is 16.0 Å². The Labute approximate surface area is 167 Å².